The first kappa shape index (κ1) is 10.0. The van der Waals surface area contributed by atoms with Crippen molar-refractivity contribution >= 4 is 27.5 Å². The summed E-state index contributed by atoms with van der Waals surface area (Å²) in [5, 5.41) is 7.69. The molecule has 2 aromatic heterocycles. The summed E-state index contributed by atoms with van der Waals surface area (Å²) in [7, 11) is 2.04. The largest absolute Gasteiger partial charge is 0.337 e. The Bertz CT molecular complexity index is 519. The molecule has 0 unspecified atom stereocenters. The molecule has 16 heavy (non-hydrogen) atoms. The first-order valence-electron chi connectivity index (χ1n) is 5.19. The van der Waals surface area contributed by atoms with Crippen molar-refractivity contribution in [3.05, 3.63) is 22.8 Å². The van der Waals surface area contributed by atoms with Crippen molar-refractivity contribution in [3.63, 3.8) is 0 Å². The number of pyridine rings is 1. The lowest BCUT2D eigenvalue weighted by Crippen LogP contribution is -2.56. The minimum absolute atomic E-state index is 0.515. The summed E-state index contributed by atoms with van der Waals surface area (Å²) in [5.74, 6) is 0.782. The Balaban J connectivity index is 1.97. The van der Waals surface area contributed by atoms with Crippen LogP contribution in [0.3, 0.4) is 0 Å². The lowest BCUT2D eigenvalue weighted by atomic mass is 10.1. The fraction of sp³-hybridized carbons (Fsp3) is 0.400. The summed E-state index contributed by atoms with van der Waals surface area (Å²) in [4.78, 5) is 6.61. The smallest absolute Gasteiger partial charge is 0.245 e. The first-order valence-corrected chi connectivity index (χ1v) is 5.99. The standard InChI is InChI=1S/C10H12BrN5/c1-15(8-4-12-5-8)10-13-9-3-2-7(11)6-16(9)14-10/h2-3,6,8,12H,4-5H2,1H3. The van der Waals surface area contributed by atoms with Gasteiger partial charge in [0.2, 0.25) is 5.95 Å². The van der Waals surface area contributed by atoms with E-state index < -0.39 is 0 Å². The molecule has 0 saturated carbocycles. The van der Waals surface area contributed by atoms with Gasteiger partial charge in [-0.3, -0.25) is 0 Å². The van der Waals surface area contributed by atoms with Gasteiger partial charge in [-0.2, -0.15) is 4.98 Å². The molecule has 0 atom stereocenters. The van der Waals surface area contributed by atoms with E-state index in [-0.39, 0.29) is 0 Å². The lowest BCUT2D eigenvalue weighted by Gasteiger charge is -2.34. The van der Waals surface area contributed by atoms with Crippen LogP contribution in [0.5, 0.6) is 0 Å². The molecule has 0 aromatic carbocycles. The van der Waals surface area contributed by atoms with Gasteiger partial charge in [0, 0.05) is 30.8 Å². The monoisotopic (exact) mass is 281 g/mol. The van der Waals surface area contributed by atoms with Crippen LogP contribution in [0.1, 0.15) is 0 Å². The quantitative estimate of drug-likeness (QED) is 0.889. The summed E-state index contributed by atoms with van der Waals surface area (Å²) in [6.45, 7) is 2.02. The average Bonchev–Trinajstić information content (AvgIpc) is 2.57. The van der Waals surface area contributed by atoms with Gasteiger partial charge in [-0.1, -0.05) is 0 Å². The van der Waals surface area contributed by atoms with E-state index in [2.05, 4.69) is 36.2 Å². The molecule has 0 radical (unpaired) electrons. The third kappa shape index (κ3) is 1.58. The number of rotatable bonds is 2. The zero-order chi connectivity index (χ0) is 11.1. The molecule has 1 aliphatic heterocycles. The Labute approximate surface area is 102 Å². The maximum atomic E-state index is 4.49. The van der Waals surface area contributed by atoms with E-state index in [0.29, 0.717) is 6.04 Å². The van der Waals surface area contributed by atoms with Gasteiger partial charge in [0.1, 0.15) is 0 Å². The van der Waals surface area contributed by atoms with Crippen LogP contribution in [0.15, 0.2) is 22.8 Å². The van der Waals surface area contributed by atoms with Crippen molar-refractivity contribution in [2.24, 2.45) is 0 Å². The Hall–Kier alpha value is -1.14. The molecule has 3 rings (SSSR count). The maximum absolute atomic E-state index is 4.49. The number of anilines is 1. The van der Waals surface area contributed by atoms with E-state index in [1.165, 1.54) is 0 Å². The number of halogens is 1. The van der Waals surface area contributed by atoms with Crippen molar-refractivity contribution in [3.8, 4) is 0 Å². The number of aromatic nitrogens is 3. The number of likely N-dealkylation sites (N-methyl/N-ethyl adjacent to an activating group) is 1. The van der Waals surface area contributed by atoms with Crippen LogP contribution in [-0.4, -0.2) is 40.8 Å². The highest BCUT2D eigenvalue weighted by atomic mass is 79.9. The number of hydrogen-bond acceptors (Lipinski definition) is 4. The van der Waals surface area contributed by atoms with E-state index >= 15 is 0 Å². The minimum Gasteiger partial charge on any atom is -0.337 e. The zero-order valence-electron chi connectivity index (χ0n) is 8.89. The van der Waals surface area contributed by atoms with Gasteiger partial charge in [0.25, 0.3) is 0 Å². The Morgan fingerprint density at radius 3 is 3.00 bits per heavy atom. The summed E-state index contributed by atoms with van der Waals surface area (Å²) < 4.78 is 2.80. The molecule has 1 aliphatic rings. The van der Waals surface area contributed by atoms with Gasteiger partial charge < -0.3 is 10.2 Å². The Morgan fingerprint density at radius 1 is 1.50 bits per heavy atom. The number of hydrogen-bond donors (Lipinski definition) is 1. The maximum Gasteiger partial charge on any atom is 0.245 e. The van der Waals surface area contributed by atoms with Crippen molar-refractivity contribution < 1.29 is 0 Å². The normalized spacial score (nSPS) is 16.4. The molecule has 0 aliphatic carbocycles. The van der Waals surface area contributed by atoms with Crippen molar-refractivity contribution in [1.82, 2.24) is 19.9 Å². The predicted molar refractivity (Wildman–Crippen MR) is 65.7 cm³/mol. The van der Waals surface area contributed by atoms with Crippen LogP contribution < -0.4 is 10.2 Å². The third-order valence-electron chi connectivity index (χ3n) is 2.91. The third-order valence-corrected chi connectivity index (χ3v) is 3.38. The molecule has 3 heterocycles. The molecule has 0 amide bonds. The highest BCUT2D eigenvalue weighted by molar-refractivity contribution is 9.10. The fourth-order valence-electron chi connectivity index (χ4n) is 1.71. The van der Waals surface area contributed by atoms with Gasteiger partial charge in [0.15, 0.2) is 5.65 Å². The van der Waals surface area contributed by atoms with Crippen LogP contribution in [0.4, 0.5) is 5.95 Å². The highest BCUT2D eigenvalue weighted by Crippen LogP contribution is 2.16. The molecule has 2 aromatic rings. The fourth-order valence-corrected chi connectivity index (χ4v) is 2.03. The number of nitrogens with one attached hydrogen (secondary N) is 1. The lowest BCUT2D eigenvalue weighted by molar-refractivity contribution is 0.424. The van der Waals surface area contributed by atoms with Crippen LogP contribution in [0, 0.1) is 0 Å². The van der Waals surface area contributed by atoms with Crippen LogP contribution in [0.2, 0.25) is 0 Å². The molecule has 0 bridgehead atoms. The SMILES string of the molecule is CN(c1nc2ccc(Br)cn2n1)C1CNC1. The first-order chi connectivity index (χ1) is 7.74. The van der Waals surface area contributed by atoms with E-state index in [4.69, 9.17) is 0 Å². The molecule has 5 nitrogen and oxygen atoms in total. The summed E-state index contributed by atoms with van der Waals surface area (Å²) >= 11 is 3.42. The van der Waals surface area contributed by atoms with Gasteiger partial charge in [-0.05, 0) is 28.1 Å². The molecule has 84 valence electrons. The Kier molecular flexibility index (Phi) is 2.33. The topological polar surface area (TPSA) is 45.5 Å². The zero-order valence-corrected chi connectivity index (χ0v) is 10.5. The van der Waals surface area contributed by atoms with E-state index in [9.17, 15) is 0 Å². The van der Waals surface area contributed by atoms with Gasteiger partial charge in [-0.15, -0.1) is 5.10 Å². The van der Waals surface area contributed by atoms with Gasteiger partial charge >= 0.3 is 0 Å². The molecule has 0 spiro atoms. The average molecular weight is 282 g/mol. The molecule has 1 saturated heterocycles. The molecule has 6 heteroatoms. The Morgan fingerprint density at radius 2 is 2.31 bits per heavy atom. The molecular weight excluding hydrogens is 270 g/mol. The molecule has 1 N–H and O–H groups in total. The number of nitrogens with zero attached hydrogens (tertiary/aromatic N) is 4. The predicted octanol–water partition coefficient (Wildman–Crippen LogP) is 0.900. The second kappa shape index (κ2) is 3.71. The molecular formula is C10H12BrN5. The van der Waals surface area contributed by atoms with Crippen LogP contribution in [-0.2, 0) is 0 Å². The van der Waals surface area contributed by atoms with E-state index in [1.807, 2.05) is 25.4 Å². The van der Waals surface area contributed by atoms with Crippen LogP contribution >= 0.6 is 15.9 Å². The summed E-state index contributed by atoms with van der Waals surface area (Å²) in [5.41, 5.74) is 0.873. The van der Waals surface area contributed by atoms with Gasteiger partial charge in [-0.25, -0.2) is 4.52 Å². The number of fused-ring (bicyclic) bond motifs is 1. The van der Waals surface area contributed by atoms with Crippen molar-refractivity contribution in [2.45, 2.75) is 6.04 Å². The van der Waals surface area contributed by atoms with Crippen molar-refractivity contribution in [2.75, 3.05) is 25.0 Å². The summed E-state index contributed by atoms with van der Waals surface area (Å²) in [6.07, 6.45) is 1.92. The highest BCUT2D eigenvalue weighted by Gasteiger charge is 2.24. The molecule has 1 fully saturated rings. The van der Waals surface area contributed by atoms with Gasteiger partial charge in [0.05, 0.1) is 6.04 Å². The minimum atomic E-state index is 0.515. The summed E-state index contributed by atoms with van der Waals surface area (Å²) in [6, 6.07) is 4.44. The van der Waals surface area contributed by atoms with Crippen LogP contribution in [0.25, 0.3) is 5.65 Å². The van der Waals surface area contributed by atoms with Crippen molar-refractivity contribution in [1.29, 1.82) is 0 Å². The van der Waals surface area contributed by atoms with E-state index in [0.717, 1.165) is 29.2 Å². The second-order valence-electron chi connectivity index (χ2n) is 3.98. The second-order valence-corrected chi connectivity index (χ2v) is 4.90. The van der Waals surface area contributed by atoms with E-state index in [1.54, 1.807) is 4.52 Å².